The van der Waals surface area contributed by atoms with Gasteiger partial charge in [-0.05, 0) is 62.4 Å². The Labute approximate surface area is 203 Å². The highest BCUT2D eigenvalue weighted by Crippen LogP contribution is 2.33. The van der Waals surface area contributed by atoms with E-state index in [9.17, 15) is 9.59 Å². The summed E-state index contributed by atoms with van der Waals surface area (Å²) in [6.45, 7) is 4.79. The minimum Gasteiger partial charge on any atom is -0.494 e. The van der Waals surface area contributed by atoms with Gasteiger partial charge < -0.3 is 10.1 Å². The smallest absolute Gasteiger partial charge is 0.243 e. The number of pyridine rings is 1. The molecule has 4 rings (SSSR count). The van der Waals surface area contributed by atoms with Crippen LogP contribution in [0, 0.1) is 6.92 Å². The van der Waals surface area contributed by atoms with Gasteiger partial charge in [0.05, 0.1) is 24.5 Å². The molecule has 0 aliphatic carbocycles. The largest absolute Gasteiger partial charge is 0.494 e. The maximum Gasteiger partial charge on any atom is 0.243 e. The summed E-state index contributed by atoms with van der Waals surface area (Å²) >= 11 is 1.30. The topological polar surface area (TPSA) is 83.9 Å². The first-order chi connectivity index (χ1) is 16.5. The number of nitrogens with zero attached hydrogens (tertiary/aromatic N) is 3. The second-order valence-electron chi connectivity index (χ2n) is 7.79. The lowest BCUT2D eigenvalue weighted by Gasteiger charge is -2.16. The number of aryl methyl sites for hydroxylation is 1. The third kappa shape index (κ3) is 6.02. The van der Waals surface area contributed by atoms with Gasteiger partial charge in [-0.3, -0.25) is 19.5 Å². The van der Waals surface area contributed by atoms with Crippen molar-refractivity contribution in [1.29, 1.82) is 0 Å². The molecule has 8 heteroatoms. The number of hydrogen-bond acceptors (Lipinski definition) is 6. The molecule has 1 aromatic heterocycles. The van der Waals surface area contributed by atoms with E-state index in [2.05, 4.69) is 10.3 Å². The van der Waals surface area contributed by atoms with E-state index < -0.39 is 5.25 Å². The van der Waals surface area contributed by atoms with Crippen LogP contribution in [0.3, 0.4) is 0 Å². The first-order valence-electron chi connectivity index (χ1n) is 11.1. The van der Waals surface area contributed by atoms with E-state index in [1.807, 2.05) is 80.6 Å². The highest BCUT2D eigenvalue weighted by molar-refractivity contribution is 8.15. The first-order valence-corrected chi connectivity index (χ1v) is 12.0. The first kappa shape index (κ1) is 23.5. The van der Waals surface area contributed by atoms with Gasteiger partial charge in [-0.2, -0.15) is 0 Å². The summed E-state index contributed by atoms with van der Waals surface area (Å²) in [5.74, 6) is 0.395. The summed E-state index contributed by atoms with van der Waals surface area (Å²) in [6, 6.07) is 20.5. The Bertz CT molecular complexity index is 1160. The van der Waals surface area contributed by atoms with Gasteiger partial charge in [-0.15, -0.1) is 0 Å². The van der Waals surface area contributed by atoms with E-state index in [1.165, 1.54) is 11.8 Å². The molecule has 2 aromatic carbocycles. The Hall–Kier alpha value is -3.65. The molecule has 174 valence electrons. The SMILES string of the molecule is CCOc1ccc(N=C2SC(CC(=O)Nc3ccc(C)cc3)C(=O)N2Cc2ccccn2)cc1. The number of nitrogens with one attached hydrogen (secondary N) is 1. The van der Waals surface area contributed by atoms with Crippen LogP contribution >= 0.6 is 11.8 Å². The van der Waals surface area contributed by atoms with Gasteiger partial charge in [0, 0.05) is 18.3 Å². The number of benzene rings is 2. The van der Waals surface area contributed by atoms with Crippen molar-refractivity contribution in [2.75, 3.05) is 11.9 Å². The van der Waals surface area contributed by atoms with Crippen LogP contribution < -0.4 is 10.1 Å². The second-order valence-corrected chi connectivity index (χ2v) is 8.96. The number of anilines is 1. The van der Waals surface area contributed by atoms with Crippen molar-refractivity contribution in [2.45, 2.75) is 32.1 Å². The monoisotopic (exact) mass is 474 g/mol. The van der Waals surface area contributed by atoms with E-state index in [0.29, 0.717) is 29.7 Å². The van der Waals surface area contributed by atoms with E-state index in [4.69, 9.17) is 9.73 Å². The van der Waals surface area contributed by atoms with Crippen LogP contribution in [0.5, 0.6) is 5.75 Å². The fraction of sp³-hybridized carbons (Fsp3) is 0.231. The molecule has 1 fully saturated rings. The van der Waals surface area contributed by atoms with E-state index in [-0.39, 0.29) is 18.2 Å². The number of hydrogen-bond donors (Lipinski definition) is 1. The molecule has 1 N–H and O–H groups in total. The predicted molar refractivity (Wildman–Crippen MR) is 135 cm³/mol. The average molecular weight is 475 g/mol. The summed E-state index contributed by atoms with van der Waals surface area (Å²) in [7, 11) is 0. The maximum atomic E-state index is 13.3. The van der Waals surface area contributed by atoms with Gasteiger partial charge in [0.15, 0.2) is 5.17 Å². The van der Waals surface area contributed by atoms with Gasteiger partial charge in [0.1, 0.15) is 11.0 Å². The van der Waals surface area contributed by atoms with E-state index in [0.717, 1.165) is 17.0 Å². The van der Waals surface area contributed by atoms with Crippen molar-refractivity contribution in [3.8, 4) is 5.75 Å². The fourth-order valence-corrected chi connectivity index (χ4v) is 4.59. The lowest BCUT2D eigenvalue weighted by Crippen LogP contribution is -2.33. The predicted octanol–water partition coefficient (Wildman–Crippen LogP) is 4.95. The zero-order valence-electron chi connectivity index (χ0n) is 19.1. The van der Waals surface area contributed by atoms with Crippen LogP contribution in [0.1, 0.15) is 24.6 Å². The molecule has 1 aliphatic rings. The van der Waals surface area contributed by atoms with E-state index in [1.54, 1.807) is 11.1 Å². The highest BCUT2D eigenvalue weighted by atomic mass is 32.2. The average Bonchev–Trinajstić information content (AvgIpc) is 3.11. The Kier molecular flexibility index (Phi) is 7.59. The Morgan fingerprint density at radius 3 is 2.56 bits per heavy atom. The number of ether oxygens (including phenoxy) is 1. The van der Waals surface area contributed by atoms with Crippen LogP contribution in [0.15, 0.2) is 77.9 Å². The van der Waals surface area contributed by atoms with Crippen molar-refractivity contribution >= 4 is 40.1 Å². The molecule has 0 saturated carbocycles. The molecular weight excluding hydrogens is 448 g/mol. The third-order valence-corrected chi connectivity index (χ3v) is 6.32. The van der Waals surface area contributed by atoms with Crippen molar-refractivity contribution in [3.05, 3.63) is 84.2 Å². The van der Waals surface area contributed by atoms with Gasteiger partial charge in [0.25, 0.3) is 0 Å². The molecule has 0 spiro atoms. The number of aliphatic imine (C=N–C) groups is 1. The lowest BCUT2D eigenvalue weighted by atomic mass is 10.2. The third-order valence-electron chi connectivity index (χ3n) is 5.14. The number of aromatic nitrogens is 1. The molecule has 0 bridgehead atoms. The van der Waals surface area contributed by atoms with Crippen molar-refractivity contribution in [1.82, 2.24) is 9.88 Å². The number of rotatable bonds is 8. The summed E-state index contributed by atoms with van der Waals surface area (Å²) in [6.07, 6.45) is 1.75. The minimum absolute atomic E-state index is 0.0540. The molecule has 1 unspecified atom stereocenters. The molecule has 0 radical (unpaired) electrons. The molecule has 1 atom stereocenters. The molecule has 1 saturated heterocycles. The van der Waals surface area contributed by atoms with Crippen LogP contribution in [0.2, 0.25) is 0 Å². The van der Waals surface area contributed by atoms with Gasteiger partial charge in [-0.25, -0.2) is 4.99 Å². The maximum absolute atomic E-state index is 13.3. The Balaban J connectivity index is 1.52. The molecule has 2 amide bonds. The number of amidine groups is 1. The minimum atomic E-state index is -0.560. The van der Waals surface area contributed by atoms with Crippen LogP contribution in [0.4, 0.5) is 11.4 Å². The molecule has 2 heterocycles. The van der Waals surface area contributed by atoms with E-state index >= 15 is 0 Å². The number of carbonyl (C=O) groups excluding carboxylic acids is 2. The molecule has 7 nitrogen and oxygen atoms in total. The quantitative estimate of drug-likeness (QED) is 0.499. The van der Waals surface area contributed by atoms with Gasteiger partial charge in [0.2, 0.25) is 11.8 Å². The summed E-state index contributed by atoms with van der Waals surface area (Å²) in [5.41, 5.74) is 3.27. The molecule has 3 aromatic rings. The van der Waals surface area contributed by atoms with Crippen molar-refractivity contribution < 1.29 is 14.3 Å². The summed E-state index contributed by atoms with van der Waals surface area (Å²) in [5, 5.41) is 2.86. The number of amides is 2. The van der Waals surface area contributed by atoms with Crippen LogP contribution in [0.25, 0.3) is 0 Å². The second kappa shape index (κ2) is 11.0. The number of carbonyl (C=O) groups is 2. The fourth-order valence-electron chi connectivity index (χ4n) is 3.44. The van der Waals surface area contributed by atoms with Crippen LogP contribution in [-0.4, -0.2) is 38.7 Å². The number of thioether (sulfide) groups is 1. The zero-order chi connectivity index (χ0) is 23.9. The van der Waals surface area contributed by atoms with Gasteiger partial charge >= 0.3 is 0 Å². The van der Waals surface area contributed by atoms with Crippen molar-refractivity contribution in [2.24, 2.45) is 4.99 Å². The zero-order valence-corrected chi connectivity index (χ0v) is 19.9. The lowest BCUT2D eigenvalue weighted by molar-refractivity contribution is -0.128. The highest BCUT2D eigenvalue weighted by Gasteiger charge is 2.39. The molecule has 1 aliphatic heterocycles. The standard InChI is InChI=1S/C26H26N4O3S/c1-3-33-22-13-11-20(12-14-22)29-26-30(17-21-6-4-5-15-27-21)25(32)23(34-26)16-24(31)28-19-9-7-18(2)8-10-19/h4-15,23H,3,16-17H2,1-2H3,(H,28,31). The summed E-state index contributed by atoms with van der Waals surface area (Å²) < 4.78 is 5.49. The Morgan fingerprint density at radius 2 is 1.88 bits per heavy atom. The van der Waals surface area contributed by atoms with Crippen molar-refractivity contribution in [3.63, 3.8) is 0 Å². The normalized spacial score (nSPS) is 16.6. The summed E-state index contributed by atoms with van der Waals surface area (Å²) in [4.78, 5) is 36.6. The van der Waals surface area contributed by atoms with Gasteiger partial charge in [-0.1, -0.05) is 35.5 Å². The molecule has 34 heavy (non-hydrogen) atoms. The molecular formula is C26H26N4O3S. The Morgan fingerprint density at radius 1 is 1.12 bits per heavy atom. The van der Waals surface area contributed by atoms with Crippen LogP contribution in [-0.2, 0) is 16.1 Å².